The Morgan fingerprint density at radius 1 is 1.23 bits per heavy atom. The molecule has 0 aliphatic carbocycles. The molecule has 3 rings (SSSR count). The van der Waals surface area contributed by atoms with Crippen LogP contribution in [0.2, 0.25) is 0 Å². The lowest BCUT2D eigenvalue weighted by Gasteiger charge is -2.24. The number of carbonyl (C=O) groups excluding carboxylic acids is 2. The van der Waals surface area contributed by atoms with Gasteiger partial charge in [0.25, 0.3) is 0 Å². The second-order valence-electron chi connectivity index (χ2n) is 6.33. The lowest BCUT2D eigenvalue weighted by Crippen LogP contribution is -2.45. The first-order valence-corrected chi connectivity index (χ1v) is 8.72. The molecule has 2 aromatic rings. The first kappa shape index (κ1) is 17.9. The van der Waals surface area contributed by atoms with Crippen LogP contribution in [0.3, 0.4) is 0 Å². The first-order valence-electron chi connectivity index (χ1n) is 8.72. The maximum atomic E-state index is 13.4. The molecule has 1 fully saturated rings. The van der Waals surface area contributed by atoms with Crippen LogP contribution >= 0.6 is 0 Å². The van der Waals surface area contributed by atoms with Crippen molar-refractivity contribution in [1.29, 1.82) is 0 Å². The average Bonchev–Trinajstić information content (AvgIpc) is 3.00. The van der Waals surface area contributed by atoms with Crippen molar-refractivity contribution in [2.24, 2.45) is 0 Å². The summed E-state index contributed by atoms with van der Waals surface area (Å²) in [5.41, 5.74) is 1.57. The SMILES string of the molecule is CCN(Cc1ccccc1)C(=O)N[C@@H]1CC(=O)N(c2cccc(F)c2)C1. The summed E-state index contributed by atoms with van der Waals surface area (Å²) in [6, 6.07) is 15.2. The van der Waals surface area contributed by atoms with Crippen molar-refractivity contribution in [2.75, 3.05) is 18.0 Å². The van der Waals surface area contributed by atoms with Gasteiger partial charge in [-0.1, -0.05) is 36.4 Å². The smallest absolute Gasteiger partial charge is 0.317 e. The summed E-state index contributed by atoms with van der Waals surface area (Å²) in [5.74, 6) is -0.505. The molecular formula is C20H22FN3O2. The number of rotatable bonds is 5. The number of amides is 3. The summed E-state index contributed by atoms with van der Waals surface area (Å²) < 4.78 is 13.4. The number of nitrogens with one attached hydrogen (secondary N) is 1. The van der Waals surface area contributed by atoms with Crippen molar-refractivity contribution < 1.29 is 14.0 Å². The minimum absolute atomic E-state index is 0.119. The third kappa shape index (κ3) is 4.20. The molecule has 3 amide bonds. The number of hydrogen-bond donors (Lipinski definition) is 1. The number of anilines is 1. The van der Waals surface area contributed by atoms with Gasteiger partial charge in [0, 0.05) is 31.7 Å². The normalized spacial score (nSPS) is 16.6. The first-order chi connectivity index (χ1) is 12.6. The van der Waals surface area contributed by atoms with Gasteiger partial charge in [-0.25, -0.2) is 9.18 Å². The zero-order valence-electron chi connectivity index (χ0n) is 14.7. The van der Waals surface area contributed by atoms with E-state index >= 15 is 0 Å². The number of halogens is 1. The van der Waals surface area contributed by atoms with Crippen LogP contribution < -0.4 is 10.2 Å². The molecule has 5 nitrogen and oxygen atoms in total. The van der Waals surface area contributed by atoms with E-state index in [1.807, 2.05) is 37.3 Å². The van der Waals surface area contributed by atoms with Gasteiger partial charge in [-0.2, -0.15) is 0 Å². The quantitative estimate of drug-likeness (QED) is 0.896. The summed E-state index contributed by atoms with van der Waals surface area (Å²) in [4.78, 5) is 28.0. The van der Waals surface area contributed by atoms with Crippen LogP contribution in [0.4, 0.5) is 14.9 Å². The van der Waals surface area contributed by atoms with Crippen LogP contribution in [0, 0.1) is 5.82 Å². The summed E-state index contributed by atoms with van der Waals surface area (Å²) in [7, 11) is 0. The van der Waals surface area contributed by atoms with Gasteiger partial charge < -0.3 is 15.1 Å². The van der Waals surface area contributed by atoms with E-state index in [2.05, 4.69) is 5.32 Å². The molecule has 6 heteroatoms. The molecule has 2 aromatic carbocycles. The lowest BCUT2D eigenvalue weighted by atomic mass is 10.2. The van der Waals surface area contributed by atoms with Crippen LogP contribution in [0.15, 0.2) is 54.6 Å². The van der Waals surface area contributed by atoms with E-state index < -0.39 is 0 Å². The van der Waals surface area contributed by atoms with Gasteiger partial charge >= 0.3 is 6.03 Å². The van der Waals surface area contributed by atoms with Gasteiger partial charge in [-0.3, -0.25) is 4.79 Å². The Bertz CT molecular complexity index is 782. The van der Waals surface area contributed by atoms with E-state index in [0.717, 1.165) is 5.56 Å². The van der Waals surface area contributed by atoms with Gasteiger partial charge in [-0.05, 0) is 30.7 Å². The highest BCUT2D eigenvalue weighted by atomic mass is 19.1. The Kier molecular flexibility index (Phi) is 5.51. The second kappa shape index (κ2) is 7.99. The third-order valence-corrected chi connectivity index (χ3v) is 4.46. The Morgan fingerprint density at radius 2 is 2.00 bits per heavy atom. The second-order valence-corrected chi connectivity index (χ2v) is 6.33. The third-order valence-electron chi connectivity index (χ3n) is 4.46. The summed E-state index contributed by atoms with van der Waals surface area (Å²) in [6.07, 6.45) is 0.213. The van der Waals surface area contributed by atoms with Crippen molar-refractivity contribution in [3.05, 3.63) is 66.0 Å². The van der Waals surface area contributed by atoms with E-state index in [0.29, 0.717) is 25.3 Å². The molecule has 1 aliphatic rings. The predicted octanol–water partition coefficient (Wildman–Crippen LogP) is 3.16. The molecule has 1 aliphatic heterocycles. The topological polar surface area (TPSA) is 52.7 Å². The van der Waals surface area contributed by atoms with Gasteiger partial charge in [0.1, 0.15) is 5.82 Å². The van der Waals surface area contributed by atoms with Crippen LogP contribution in [0.5, 0.6) is 0 Å². The average molecular weight is 355 g/mol. The maximum absolute atomic E-state index is 13.4. The fraction of sp³-hybridized carbons (Fsp3) is 0.300. The molecule has 1 atom stereocenters. The van der Waals surface area contributed by atoms with E-state index in [-0.39, 0.29) is 30.2 Å². The van der Waals surface area contributed by atoms with Crippen LogP contribution in [0.25, 0.3) is 0 Å². The molecule has 136 valence electrons. The number of nitrogens with zero attached hydrogens (tertiary/aromatic N) is 2. The summed E-state index contributed by atoms with van der Waals surface area (Å²) in [5, 5.41) is 2.93. The Morgan fingerprint density at radius 3 is 2.69 bits per heavy atom. The molecule has 0 unspecified atom stereocenters. The van der Waals surface area contributed by atoms with E-state index in [4.69, 9.17) is 0 Å². The molecular weight excluding hydrogens is 333 g/mol. The monoisotopic (exact) mass is 355 g/mol. The molecule has 1 saturated heterocycles. The predicted molar refractivity (Wildman–Crippen MR) is 98.2 cm³/mol. The standard InChI is InChI=1S/C20H22FN3O2/c1-2-23(13-15-7-4-3-5-8-15)20(26)22-17-12-19(25)24(14-17)18-10-6-9-16(21)11-18/h3-11,17H,2,12-14H2,1H3,(H,22,26)/t17-/m1/s1. The Hall–Kier alpha value is -2.89. The molecule has 0 bridgehead atoms. The highest BCUT2D eigenvalue weighted by Gasteiger charge is 2.32. The van der Waals surface area contributed by atoms with E-state index in [9.17, 15) is 14.0 Å². The van der Waals surface area contributed by atoms with Crippen molar-refractivity contribution >= 4 is 17.6 Å². The van der Waals surface area contributed by atoms with E-state index in [1.165, 1.54) is 17.0 Å². The molecule has 1 N–H and O–H groups in total. The fourth-order valence-electron chi connectivity index (χ4n) is 3.09. The molecule has 0 radical (unpaired) electrons. The van der Waals surface area contributed by atoms with Crippen molar-refractivity contribution in [1.82, 2.24) is 10.2 Å². The van der Waals surface area contributed by atoms with Gasteiger partial charge in [-0.15, -0.1) is 0 Å². The lowest BCUT2D eigenvalue weighted by molar-refractivity contribution is -0.117. The number of hydrogen-bond acceptors (Lipinski definition) is 2. The molecule has 0 saturated carbocycles. The molecule has 0 aromatic heterocycles. The van der Waals surface area contributed by atoms with Gasteiger partial charge in [0.05, 0.1) is 6.04 Å². The highest BCUT2D eigenvalue weighted by Crippen LogP contribution is 2.22. The van der Waals surface area contributed by atoms with Gasteiger partial charge in [0.2, 0.25) is 5.91 Å². The van der Waals surface area contributed by atoms with Crippen LogP contribution in [0.1, 0.15) is 18.9 Å². The summed E-state index contributed by atoms with van der Waals surface area (Å²) in [6.45, 7) is 3.34. The van der Waals surface area contributed by atoms with Gasteiger partial charge in [0.15, 0.2) is 0 Å². The van der Waals surface area contributed by atoms with E-state index in [1.54, 1.807) is 17.0 Å². The number of benzene rings is 2. The molecule has 26 heavy (non-hydrogen) atoms. The highest BCUT2D eigenvalue weighted by molar-refractivity contribution is 5.96. The van der Waals surface area contributed by atoms with Crippen LogP contribution in [-0.2, 0) is 11.3 Å². The Balaban J connectivity index is 1.61. The molecule has 1 heterocycles. The minimum Gasteiger partial charge on any atom is -0.333 e. The van der Waals surface area contributed by atoms with Crippen molar-refractivity contribution in [3.63, 3.8) is 0 Å². The maximum Gasteiger partial charge on any atom is 0.317 e. The van der Waals surface area contributed by atoms with Crippen LogP contribution in [-0.4, -0.2) is 36.0 Å². The molecule has 0 spiro atoms. The van der Waals surface area contributed by atoms with Crippen molar-refractivity contribution in [3.8, 4) is 0 Å². The number of carbonyl (C=O) groups is 2. The fourth-order valence-corrected chi connectivity index (χ4v) is 3.09. The summed E-state index contributed by atoms with van der Waals surface area (Å²) >= 11 is 0. The minimum atomic E-state index is -0.386. The zero-order chi connectivity index (χ0) is 18.5. The Labute approximate surface area is 152 Å². The van der Waals surface area contributed by atoms with Crippen molar-refractivity contribution in [2.45, 2.75) is 25.9 Å². The zero-order valence-corrected chi connectivity index (χ0v) is 14.7. The largest absolute Gasteiger partial charge is 0.333 e. The number of urea groups is 1.